The molecule has 1 saturated heterocycles. The Kier molecular flexibility index (Phi) is 4.12. The first kappa shape index (κ1) is 13.6. The lowest BCUT2D eigenvalue weighted by Crippen LogP contribution is -2.52. The van der Waals surface area contributed by atoms with Crippen LogP contribution in [0.1, 0.15) is 36.7 Å². The molecule has 1 aromatic heterocycles. The van der Waals surface area contributed by atoms with Gasteiger partial charge < -0.3 is 15.2 Å². The zero-order valence-electron chi connectivity index (χ0n) is 10.9. The lowest BCUT2D eigenvalue weighted by molar-refractivity contribution is 0.0574. The number of carbonyl (C=O) groups is 1. The number of halogens is 1. The summed E-state index contributed by atoms with van der Waals surface area (Å²) in [6.07, 6.45) is 5.14. The van der Waals surface area contributed by atoms with Crippen molar-refractivity contribution in [2.75, 3.05) is 6.54 Å². The van der Waals surface area contributed by atoms with E-state index in [2.05, 4.69) is 15.9 Å². The fraction of sp³-hybridized carbons (Fsp3) is 0.615. The molecule has 1 amide bonds. The third-order valence-electron chi connectivity index (χ3n) is 3.61. The number of hydrogen-bond acceptors (Lipinski definition) is 2. The Morgan fingerprint density at radius 2 is 2.28 bits per heavy atom. The Hall–Kier alpha value is -0.810. The second kappa shape index (κ2) is 5.45. The second-order valence-electron chi connectivity index (χ2n) is 5.08. The summed E-state index contributed by atoms with van der Waals surface area (Å²) >= 11 is 3.40. The SMILES string of the molecule is C[C@@H](N)[C@H]1CCCCN1C(=O)c1cc(Br)cn1C. The molecule has 0 saturated carbocycles. The molecule has 4 nitrogen and oxygen atoms in total. The van der Waals surface area contributed by atoms with Crippen LogP contribution in [0.5, 0.6) is 0 Å². The summed E-state index contributed by atoms with van der Waals surface area (Å²) in [6.45, 7) is 2.80. The van der Waals surface area contributed by atoms with Crippen LogP contribution in [-0.2, 0) is 7.05 Å². The maximum atomic E-state index is 12.6. The Bertz CT molecular complexity index is 441. The number of piperidine rings is 1. The number of amides is 1. The lowest BCUT2D eigenvalue weighted by atomic mass is 9.96. The summed E-state index contributed by atoms with van der Waals surface area (Å²) in [5.41, 5.74) is 6.72. The first-order valence-corrected chi connectivity index (χ1v) is 7.18. The minimum Gasteiger partial charge on any atom is -0.345 e. The van der Waals surface area contributed by atoms with Crippen molar-refractivity contribution in [1.82, 2.24) is 9.47 Å². The molecule has 0 aliphatic carbocycles. The normalized spacial score (nSPS) is 22.0. The molecule has 0 bridgehead atoms. The number of aromatic nitrogens is 1. The molecule has 2 atom stereocenters. The van der Waals surface area contributed by atoms with Crippen molar-refractivity contribution in [3.8, 4) is 0 Å². The number of hydrogen-bond donors (Lipinski definition) is 1. The van der Waals surface area contributed by atoms with Crippen LogP contribution in [0.4, 0.5) is 0 Å². The average Bonchev–Trinajstić information content (AvgIpc) is 2.67. The number of rotatable bonds is 2. The number of likely N-dealkylation sites (tertiary alicyclic amines) is 1. The van der Waals surface area contributed by atoms with E-state index in [1.54, 1.807) is 0 Å². The van der Waals surface area contributed by atoms with E-state index >= 15 is 0 Å². The van der Waals surface area contributed by atoms with E-state index in [-0.39, 0.29) is 18.0 Å². The summed E-state index contributed by atoms with van der Waals surface area (Å²) < 4.78 is 2.79. The van der Waals surface area contributed by atoms with Crippen LogP contribution in [0.2, 0.25) is 0 Å². The van der Waals surface area contributed by atoms with Crippen molar-refractivity contribution >= 4 is 21.8 Å². The van der Waals surface area contributed by atoms with Crippen LogP contribution in [-0.4, -0.2) is 34.0 Å². The van der Waals surface area contributed by atoms with Crippen molar-refractivity contribution in [2.45, 2.75) is 38.3 Å². The van der Waals surface area contributed by atoms with Crippen LogP contribution < -0.4 is 5.73 Å². The van der Waals surface area contributed by atoms with E-state index in [0.29, 0.717) is 0 Å². The van der Waals surface area contributed by atoms with Gasteiger partial charge in [0.15, 0.2) is 0 Å². The largest absolute Gasteiger partial charge is 0.345 e. The van der Waals surface area contributed by atoms with Crippen molar-refractivity contribution in [1.29, 1.82) is 0 Å². The smallest absolute Gasteiger partial charge is 0.270 e. The number of nitrogens with two attached hydrogens (primary N) is 1. The molecule has 0 spiro atoms. The first-order chi connectivity index (χ1) is 8.50. The van der Waals surface area contributed by atoms with Gasteiger partial charge >= 0.3 is 0 Å². The van der Waals surface area contributed by atoms with Crippen LogP contribution in [0, 0.1) is 0 Å². The molecule has 0 aromatic carbocycles. The predicted octanol–water partition coefficient (Wildman–Crippen LogP) is 2.13. The van der Waals surface area contributed by atoms with Gasteiger partial charge in [0.1, 0.15) is 5.69 Å². The van der Waals surface area contributed by atoms with Crippen LogP contribution in [0.25, 0.3) is 0 Å². The fourth-order valence-electron chi connectivity index (χ4n) is 2.64. The van der Waals surface area contributed by atoms with Gasteiger partial charge in [0.05, 0.1) is 0 Å². The van der Waals surface area contributed by atoms with E-state index in [9.17, 15) is 4.79 Å². The average molecular weight is 314 g/mol. The molecule has 2 N–H and O–H groups in total. The highest BCUT2D eigenvalue weighted by Gasteiger charge is 2.30. The summed E-state index contributed by atoms with van der Waals surface area (Å²) in [6, 6.07) is 2.06. The summed E-state index contributed by atoms with van der Waals surface area (Å²) in [4.78, 5) is 14.5. The van der Waals surface area contributed by atoms with Crippen molar-refractivity contribution in [2.24, 2.45) is 12.8 Å². The summed E-state index contributed by atoms with van der Waals surface area (Å²) in [5, 5.41) is 0. The third kappa shape index (κ3) is 2.62. The maximum absolute atomic E-state index is 12.6. The van der Waals surface area contributed by atoms with Gasteiger partial charge in [-0.25, -0.2) is 0 Å². The van der Waals surface area contributed by atoms with E-state index < -0.39 is 0 Å². The maximum Gasteiger partial charge on any atom is 0.270 e. The molecule has 0 unspecified atom stereocenters. The minimum absolute atomic E-state index is 0.0259. The standard InChI is InChI=1S/C13H20BrN3O/c1-9(15)11-5-3-4-6-17(11)13(18)12-7-10(14)8-16(12)2/h7-9,11H,3-6,15H2,1-2H3/t9-,11-/m1/s1. The molecule has 1 fully saturated rings. The second-order valence-corrected chi connectivity index (χ2v) is 5.99. The molecule has 5 heteroatoms. The Labute approximate surface area is 116 Å². The Morgan fingerprint density at radius 3 is 2.83 bits per heavy atom. The molecule has 2 rings (SSSR count). The van der Waals surface area contributed by atoms with Crippen LogP contribution in [0.3, 0.4) is 0 Å². The lowest BCUT2D eigenvalue weighted by Gasteiger charge is -2.38. The van der Waals surface area contributed by atoms with Gasteiger partial charge in [-0.3, -0.25) is 4.79 Å². The molecular formula is C13H20BrN3O. The van der Waals surface area contributed by atoms with Gasteiger partial charge in [-0.05, 0) is 48.2 Å². The summed E-state index contributed by atoms with van der Waals surface area (Å²) in [7, 11) is 1.89. The molecular weight excluding hydrogens is 294 g/mol. The molecule has 100 valence electrons. The van der Waals surface area contributed by atoms with E-state index in [1.807, 2.05) is 35.7 Å². The predicted molar refractivity (Wildman–Crippen MR) is 75.4 cm³/mol. The third-order valence-corrected chi connectivity index (χ3v) is 4.04. The van der Waals surface area contributed by atoms with E-state index in [1.165, 1.54) is 0 Å². The molecule has 1 aliphatic heterocycles. The zero-order chi connectivity index (χ0) is 13.3. The molecule has 1 aliphatic rings. The van der Waals surface area contributed by atoms with Crippen molar-refractivity contribution < 1.29 is 4.79 Å². The summed E-state index contributed by atoms with van der Waals surface area (Å²) in [5.74, 6) is 0.0881. The van der Waals surface area contributed by atoms with Crippen LogP contribution in [0.15, 0.2) is 16.7 Å². The minimum atomic E-state index is 0.0259. The molecule has 2 heterocycles. The Balaban J connectivity index is 2.23. The molecule has 18 heavy (non-hydrogen) atoms. The quantitative estimate of drug-likeness (QED) is 0.909. The van der Waals surface area contributed by atoms with E-state index in [4.69, 9.17) is 5.73 Å². The van der Waals surface area contributed by atoms with E-state index in [0.717, 1.165) is 36.0 Å². The highest BCUT2D eigenvalue weighted by Crippen LogP contribution is 2.23. The number of carbonyl (C=O) groups excluding carboxylic acids is 1. The number of nitrogens with zero attached hydrogens (tertiary/aromatic N) is 2. The topological polar surface area (TPSA) is 51.3 Å². The molecule has 1 aromatic rings. The monoisotopic (exact) mass is 313 g/mol. The zero-order valence-corrected chi connectivity index (χ0v) is 12.5. The first-order valence-electron chi connectivity index (χ1n) is 6.39. The van der Waals surface area contributed by atoms with Crippen molar-refractivity contribution in [3.63, 3.8) is 0 Å². The van der Waals surface area contributed by atoms with Crippen molar-refractivity contribution in [3.05, 3.63) is 22.4 Å². The van der Waals surface area contributed by atoms with Gasteiger partial charge in [-0.1, -0.05) is 0 Å². The number of aryl methyl sites for hydroxylation is 1. The molecule has 0 radical (unpaired) electrons. The van der Waals surface area contributed by atoms with Gasteiger partial charge in [-0.2, -0.15) is 0 Å². The van der Waals surface area contributed by atoms with Gasteiger partial charge in [-0.15, -0.1) is 0 Å². The highest BCUT2D eigenvalue weighted by molar-refractivity contribution is 9.10. The van der Waals surface area contributed by atoms with Crippen LogP contribution >= 0.6 is 15.9 Å². The Morgan fingerprint density at radius 1 is 1.56 bits per heavy atom. The highest BCUT2D eigenvalue weighted by atomic mass is 79.9. The fourth-order valence-corrected chi connectivity index (χ4v) is 3.16. The van der Waals surface area contributed by atoms with Gasteiger partial charge in [0, 0.05) is 36.3 Å². The van der Waals surface area contributed by atoms with Gasteiger partial charge in [0.2, 0.25) is 0 Å². The van der Waals surface area contributed by atoms with Gasteiger partial charge in [0.25, 0.3) is 5.91 Å².